The van der Waals surface area contributed by atoms with Gasteiger partial charge in [-0.15, -0.1) is 0 Å². The fraction of sp³-hybridized carbons (Fsp3) is 0.176. The molecule has 1 aromatic heterocycles. The molecule has 0 saturated heterocycles. The number of hydrogen-bond acceptors (Lipinski definition) is 3. The molecular formula is C17H15BrN2O2S. The summed E-state index contributed by atoms with van der Waals surface area (Å²) < 4.78 is 9.38. The Balaban J connectivity index is 2.18. The molecule has 0 radical (unpaired) electrons. The highest BCUT2D eigenvalue weighted by molar-refractivity contribution is 9.10. The number of methoxy groups -OCH3 is 1. The van der Waals surface area contributed by atoms with E-state index in [1.54, 1.807) is 25.3 Å². The molecule has 118 valence electrons. The Bertz CT molecular complexity index is 943. The van der Waals surface area contributed by atoms with Crippen LogP contribution in [-0.2, 0) is 6.54 Å². The molecule has 0 spiro atoms. The largest absolute Gasteiger partial charge is 0.496 e. The second kappa shape index (κ2) is 6.68. The molecule has 0 bridgehead atoms. The van der Waals surface area contributed by atoms with Crippen LogP contribution >= 0.6 is 27.3 Å². The number of aryl methyl sites for hydroxylation is 1. The maximum atomic E-state index is 12.6. The van der Waals surface area contributed by atoms with Gasteiger partial charge in [0.25, 0.3) is 5.91 Å². The van der Waals surface area contributed by atoms with Crippen LogP contribution < -0.4 is 9.54 Å². The summed E-state index contributed by atoms with van der Waals surface area (Å²) in [6.07, 6.45) is 0. The molecule has 0 aliphatic carbocycles. The maximum absolute atomic E-state index is 12.6. The molecule has 0 atom stereocenters. The number of halogens is 1. The van der Waals surface area contributed by atoms with Crippen molar-refractivity contribution >= 4 is 43.4 Å². The number of thiazole rings is 1. The van der Waals surface area contributed by atoms with Crippen LogP contribution in [0.25, 0.3) is 10.2 Å². The van der Waals surface area contributed by atoms with Crippen molar-refractivity contribution in [3.8, 4) is 5.75 Å². The number of rotatable bonds is 3. The lowest BCUT2D eigenvalue weighted by Crippen LogP contribution is -2.16. The minimum absolute atomic E-state index is 0.299. The van der Waals surface area contributed by atoms with Gasteiger partial charge in [-0.1, -0.05) is 29.5 Å². The first-order valence-electron chi connectivity index (χ1n) is 7.15. The summed E-state index contributed by atoms with van der Waals surface area (Å²) in [5.41, 5.74) is 1.53. The number of carbonyl (C=O) groups is 1. The van der Waals surface area contributed by atoms with Gasteiger partial charge in [-0.05, 0) is 47.1 Å². The molecule has 3 aromatic rings. The average Bonchev–Trinajstić information content (AvgIpc) is 2.93. The Kier molecular flexibility index (Phi) is 4.63. The van der Waals surface area contributed by atoms with Crippen LogP contribution in [0.5, 0.6) is 5.75 Å². The van der Waals surface area contributed by atoms with Crippen molar-refractivity contribution in [2.24, 2.45) is 4.99 Å². The van der Waals surface area contributed by atoms with Crippen LogP contribution in [0.4, 0.5) is 0 Å². The standard InChI is InChI=1S/C17H15BrN2O2S/c1-3-20-15-12(18)8-6-10-14(15)23-17(20)19-16(21)11-7-4-5-9-13(11)22-2/h4-10H,3H2,1-2H3. The highest BCUT2D eigenvalue weighted by atomic mass is 79.9. The summed E-state index contributed by atoms with van der Waals surface area (Å²) in [6, 6.07) is 13.1. The SMILES string of the molecule is CCn1c(=NC(=O)c2ccccc2OC)sc2cccc(Br)c21. The summed E-state index contributed by atoms with van der Waals surface area (Å²) in [6.45, 7) is 2.78. The molecule has 1 amide bonds. The van der Waals surface area contributed by atoms with Gasteiger partial charge < -0.3 is 9.30 Å². The number of nitrogens with zero attached hydrogens (tertiary/aromatic N) is 2. The van der Waals surface area contributed by atoms with E-state index in [0.29, 0.717) is 16.1 Å². The van der Waals surface area contributed by atoms with E-state index in [1.807, 2.05) is 35.8 Å². The predicted octanol–water partition coefficient (Wildman–Crippen LogP) is 4.23. The van der Waals surface area contributed by atoms with Crippen LogP contribution in [0.2, 0.25) is 0 Å². The number of carbonyl (C=O) groups excluding carboxylic acids is 1. The summed E-state index contributed by atoms with van der Waals surface area (Å²) in [5.74, 6) is 0.235. The first-order valence-corrected chi connectivity index (χ1v) is 8.76. The third-order valence-electron chi connectivity index (χ3n) is 3.50. The van der Waals surface area contributed by atoms with Crippen LogP contribution in [-0.4, -0.2) is 17.6 Å². The van der Waals surface area contributed by atoms with E-state index >= 15 is 0 Å². The van der Waals surface area contributed by atoms with E-state index in [0.717, 1.165) is 21.2 Å². The van der Waals surface area contributed by atoms with E-state index in [9.17, 15) is 4.79 Å². The second-order valence-electron chi connectivity index (χ2n) is 4.83. The Morgan fingerprint density at radius 1 is 1.26 bits per heavy atom. The van der Waals surface area contributed by atoms with Crippen molar-refractivity contribution in [3.63, 3.8) is 0 Å². The Morgan fingerprint density at radius 3 is 2.78 bits per heavy atom. The molecule has 0 saturated carbocycles. The highest BCUT2D eigenvalue weighted by Gasteiger charge is 2.13. The van der Waals surface area contributed by atoms with Crippen LogP contribution in [0.15, 0.2) is 51.9 Å². The van der Waals surface area contributed by atoms with Crippen LogP contribution in [0.3, 0.4) is 0 Å². The van der Waals surface area contributed by atoms with Gasteiger partial charge in [-0.25, -0.2) is 0 Å². The number of ether oxygens (including phenoxy) is 1. The molecule has 0 aliphatic heterocycles. The monoisotopic (exact) mass is 390 g/mol. The van der Waals surface area contributed by atoms with Crippen molar-refractivity contribution in [1.29, 1.82) is 0 Å². The van der Waals surface area contributed by atoms with Crippen LogP contribution in [0, 0.1) is 0 Å². The zero-order chi connectivity index (χ0) is 16.4. The first kappa shape index (κ1) is 16.0. The molecule has 0 N–H and O–H groups in total. The molecule has 4 nitrogen and oxygen atoms in total. The molecule has 0 fully saturated rings. The van der Waals surface area contributed by atoms with E-state index in [4.69, 9.17) is 4.74 Å². The minimum Gasteiger partial charge on any atom is -0.496 e. The minimum atomic E-state index is -0.299. The lowest BCUT2D eigenvalue weighted by atomic mass is 10.2. The Morgan fingerprint density at radius 2 is 2.04 bits per heavy atom. The van der Waals surface area contributed by atoms with E-state index < -0.39 is 0 Å². The molecule has 2 aromatic carbocycles. The second-order valence-corrected chi connectivity index (χ2v) is 6.70. The summed E-state index contributed by atoms with van der Waals surface area (Å²) in [7, 11) is 1.55. The van der Waals surface area contributed by atoms with E-state index in [2.05, 4.69) is 20.9 Å². The zero-order valence-corrected chi connectivity index (χ0v) is 15.1. The number of amides is 1. The molecule has 6 heteroatoms. The molecule has 23 heavy (non-hydrogen) atoms. The summed E-state index contributed by atoms with van der Waals surface area (Å²) >= 11 is 5.08. The Hall–Kier alpha value is -1.92. The maximum Gasteiger partial charge on any atom is 0.283 e. The molecular weight excluding hydrogens is 376 g/mol. The summed E-state index contributed by atoms with van der Waals surface area (Å²) in [4.78, 5) is 17.6. The zero-order valence-electron chi connectivity index (χ0n) is 12.7. The molecule has 0 unspecified atom stereocenters. The van der Waals surface area contributed by atoms with Gasteiger partial charge in [0.1, 0.15) is 5.75 Å². The average molecular weight is 391 g/mol. The van der Waals surface area contributed by atoms with Gasteiger partial charge >= 0.3 is 0 Å². The Labute approximate surface area is 146 Å². The molecule has 3 rings (SSSR count). The third-order valence-corrected chi connectivity index (χ3v) is 5.19. The highest BCUT2D eigenvalue weighted by Crippen LogP contribution is 2.26. The lowest BCUT2D eigenvalue weighted by Gasteiger charge is -2.04. The van der Waals surface area contributed by atoms with Gasteiger partial charge in [-0.2, -0.15) is 4.99 Å². The topological polar surface area (TPSA) is 43.6 Å². The van der Waals surface area contributed by atoms with Crippen molar-refractivity contribution in [2.45, 2.75) is 13.5 Å². The van der Waals surface area contributed by atoms with Gasteiger partial charge in [-0.3, -0.25) is 4.79 Å². The predicted molar refractivity (Wildman–Crippen MR) is 96.1 cm³/mol. The number of fused-ring (bicyclic) bond motifs is 1. The number of para-hydroxylation sites is 2. The molecule has 0 aliphatic rings. The number of benzene rings is 2. The number of aromatic nitrogens is 1. The van der Waals surface area contributed by atoms with Crippen molar-refractivity contribution in [1.82, 2.24) is 4.57 Å². The van der Waals surface area contributed by atoms with Gasteiger partial charge in [0.15, 0.2) is 4.80 Å². The molecule has 1 heterocycles. The first-order chi connectivity index (χ1) is 11.2. The number of hydrogen-bond donors (Lipinski definition) is 0. The quantitative estimate of drug-likeness (QED) is 0.671. The van der Waals surface area contributed by atoms with Gasteiger partial charge in [0.2, 0.25) is 0 Å². The third kappa shape index (κ3) is 2.96. The fourth-order valence-electron chi connectivity index (χ4n) is 2.43. The fourth-order valence-corrected chi connectivity index (χ4v) is 4.26. The summed E-state index contributed by atoms with van der Waals surface area (Å²) in [5, 5.41) is 0. The van der Waals surface area contributed by atoms with Crippen LogP contribution in [0.1, 0.15) is 17.3 Å². The van der Waals surface area contributed by atoms with E-state index in [-0.39, 0.29) is 5.91 Å². The van der Waals surface area contributed by atoms with Crippen molar-refractivity contribution in [2.75, 3.05) is 7.11 Å². The van der Waals surface area contributed by atoms with Crippen molar-refractivity contribution < 1.29 is 9.53 Å². The smallest absolute Gasteiger partial charge is 0.283 e. The van der Waals surface area contributed by atoms with Gasteiger partial charge in [0, 0.05) is 11.0 Å². The lowest BCUT2D eigenvalue weighted by molar-refractivity contribution is 0.0995. The normalized spacial score (nSPS) is 11.9. The van der Waals surface area contributed by atoms with Gasteiger partial charge in [0.05, 0.1) is 22.9 Å². The van der Waals surface area contributed by atoms with Crippen molar-refractivity contribution in [3.05, 3.63) is 57.3 Å². The van der Waals surface area contributed by atoms with E-state index in [1.165, 1.54) is 11.3 Å².